The molecule has 4 atom stereocenters. The average molecular weight is 296 g/mol. The summed E-state index contributed by atoms with van der Waals surface area (Å²) in [5, 5.41) is 12.5. The van der Waals surface area contributed by atoms with Gasteiger partial charge in [-0.15, -0.1) is 0 Å². The van der Waals surface area contributed by atoms with Gasteiger partial charge >= 0.3 is 5.97 Å². The molecule has 1 aromatic carbocycles. The second-order valence-corrected chi connectivity index (χ2v) is 5.62. The first kappa shape index (κ1) is 13.4. The van der Waals surface area contributed by atoms with Crippen LogP contribution in [-0.4, -0.2) is 29.2 Å². The van der Waals surface area contributed by atoms with E-state index in [1.54, 1.807) is 24.3 Å². The predicted molar refractivity (Wildman–Crippen MR) is 72.6 cm³/mol. The zero-order valence-electron chi connectivity index (χ0n) is 10.6. The number of benzene rings is 1. The summed E-state index contributed by atoms with van der Waals surface area (Å²) in [6.45, 7) is 0. The molecule has 2 fully saturated rings. The molecule has 0 aromatic heterocycles. The van der Waals surface area contributed by atoms with E-state index in [1.807, 2.05) is 0 Å². The lowest BCUT2D eigenvalue weighted by Crippen LogP contribution is -2.40. The van der Waals surface area contributed by atoms with Gasteiger partial charge in [0.25, 0.3) is 0 Å². The van der Waals surface area contributed by atoms with E-state index < -0.39 is 17.8 Å². The summed E-state index contributed by atoms with van der Waals surface area (Å²) in [7, 11) is 0. The topological polar surface area (TPSA) is 75.6 Å². The first-order chi connectivity index (χ1) is 9.56. The van der Waals surface area contributed by atoms with E-state index in [-0.39, 0.29) is 18.1 Å². The van der Waals surface area contributed by atoms with Gasteiger partial charge in [0.15, 0.2) is 0 Å². The SMILES string of the molecule is O=C(O)C1C(C(=O)Nc2cccc(Cl)c2)[C@H]2CC[C@@H]1O2. The number of carbonyl (C=O) groups excluding carboxylic acids is 1. The highest BCUT2D eigenvalue weighted by Gasteiger charge is 2.55. The maximum Gasteiger partial charge on any atom is 0.310 e. The van der Waals surface area contributed by atoms with Crippen LogP contribution in [0.1, 0.15) is 12.8 Å². The molecule has 2 aliphatic heterocycles. The summed E-state index contributed by atoms with van der Waals surface area (Å²) in [6.07, 6.45) is 0.817. The lowest BCUT2D eigenvalue weighted by molar-refractivity contribution is -0.147. The first-order valence-corrected chi connectivity index (χ1v) is 6.89. The van der Waals surface area contributed by atoms with Gasteiger partial charge in [0.1, 0.15) is 0 Å². The molecule has 2 saturated heterocycles. The minimum absolute atomic E-state index is 0.291. The van der Waals surface area contributed by atoms with Crippen LogP contribution in [0.3, 0.4) is 0 Å². The Kier molecular flexibility index (Phi) is 3.40. The van der Waals surface area contributed by atoms with Gasteiger partial charge in [-0.2, -0.15) is 0 Å². The molecule has 6 heteroatoms. The molecule has 5 nitrogen and oxygen atoms in total. The van der Waals surface area contributed by atoms with Crippen LogP contribution in [0.25, 0.3) is 0 Å². The molecule has 2 N–H and O–H groups in total. The highest BCUT2D eigenvalue weighted by atomic mass is 35.5. The van der Waals surface area contributed by atoms with Crippen molar-refractivity contribution in [2.75, 3.05) is 5.32 Å². The Balaban J connectivity index is 1.78. The number of ether oxygens (including phenoxy) is 1. The molecule has 0 spiro atoms. The fourth-order valence-electron chi connectivity index (χ4n) is 3.12. The highest BCUT2D eigenvalue weighted by Crippen LogP contribution is 2.44. The van der Waals surface area contributed by atoms with Crippen LogP contribution in [0, 0.1) is 11.8 Å². The molecule has 106 valence electrons. The van der Waals surface area contributed by atoms with E-state index >= 15 is 0 Å². The molecule has 3 rings (SSSR count). The number of anilines is 1. The van der Waals surface area contributed by atoms with Crippen molar-refractivity contribution < 1.29 is 19.4 Å². The number of amides is 1. The average Bonchev–Trinajstić information content (AvgIpc) is 2.98. The van der Waals surface area contributed by atoms with Crippen LogP contribution < -0.4 is 5.32 Å². The van der Waals surface area contributed by atoms with Gasteiger partial charge < -0.3 is 15.2 Å². The second kappa shape index (κ2) is 5.07. The molecule has 0 aliphatic carbocycles. The summed E-state index contributed by atoms with van der Waals surface area (Å²) in [5.41, 5.74) is 0.564. The van der Waals surface area contributed by atoms with E-state index in [0.717, 1.165) is 6.42 Å². The Morgan fingerprint density at radius 3 is 2.60 bits per heavy atom. The monoisotopic (exact) mass is 295 g/mol. The van der Waals surface area contributed by atoms with Gasteiger partial charge in [-0.25, -0.2) is 0 Å². The van der Waals surface area contributed by atoms with Crippen LogP contribution in [0.4, 0.5) is 5.69 Å². The zero-order chi connectivity index (χ0) is 14.3. The normalized spacial score (nSPS) is 31.2. The summed E-state index contributed by atoms with van der Waals surface area (Å²) in [4.78, 5) is 23.7. The molecule has 0 radical (unpaired) electrons. The molecule has 2 heterocycles. The van der Waals surface area contributed by atoms with Crippen LogP contribution in [-0.2, 0) is 14.3 Å². The number of fused-ring (bicyclic) bond motifs is 2. The lowest BCUT2D eigenvalue weighted by atomic mass is 9.78. The van der Waals surface area contributed by atoms with Crippen molar-refractivity contribution in [3.8, 4) is 0 Å². The number of carboxylic acid groups (broad SMARTS) is 1. The first-order valence-electron chi connectivity index (χ1n) is 6.51. The Bertz CT molecular complexity index is 562. The molecule has 2 bridgehead atoms. The smallest absolute Gasteiger partial charge is 0.310 e. The number of aliphatic carboxylic acids is 1. The molecule has 0 saturated carbocycles. The Hall–Kier alpha value is -1.59. The predicted octanol–water partition coefficient (Wildman–Crippen LogP) is 2.16. The van der Waals surface area contributed by atoms with Crippen LogP contribution in [0.2, 0.25) is 5.02 Å². The van der Waals surface area contributed by atoms with E-state index in [9.17, 15) is 14.7 Å². The molecule has 1 amide bonds. The van der Waals surface area contributed by atoms with Crippen LogP contribution >= 0.6 is 11.6 Å². The number of halogens is 1. The number of hydrogen-bond acceptors (Lipinski definition) is 3. The summed E-state index contributed by atoms with van der Waals surface area (Å²) in [6, 6.07) is 6.78. The number of carboxylic acids is 1. The van der Waals surface area contributed by atoms with Crippen molar-refractivity contribution in [3.63, 3.8) is 0 Å². The maximum atomic E-state index is 12.3. The van der Waals surface area contributed by atoms with Gasteiger partial charge in [-0.1, -0.05) is 17.7 Å². The quantitative estimate of drug-likeness (QED) is 0.896. The second-order valence-electron chi connectivity index (χ2n) is 5.18. The Morgan fingerprint density at radius 1 is 1.25 bits per heavy atom. The van der Waals surface area contributed by atoms with Crippen molar-refractivity contribution in [3.05, 3.63) is 29.3 Å². The molecular weight excluding hydrogens is 282 g/mol. The third-order valence-electron chi connectivity index (χ3n) is 3.95. The molecular formula is C14H14ClNO4. The standard InChI is InChI=1S/C14H14ClNO4/c15-7-2-1-3-8(6-7)16-13(17)11-9-4-5-10(20-9)12(11)14(18)19/h1-3,6,9-12H,4-5H2,(H,16,17)(H,18,19)/t9-,10+,11?,12?/m1/s1. The van der Waals surface area contributed by atoms with Crippen LogP contribution in [0.5, 0.6) is 0 Å². The number of rotatable bonds is 3. The number of carbonyl (C=O) groups is 2. The summed E-state index contributed by atoms with van der Waals surface area (Å²) in [5.74, 6) is -2.67. The zero-order valence-corrected chi connectivity index (χ0v) is 11.3. The molecule has 1 aromatic rings. The van der Waals surface area contributed by atoms with Crippen molar-refractivity contribution in [1.82, 2.24) is 0 Å². The van der Waals surface area contributed by atoms with Gasteiger partial charge in [-0.05, 0) is 31.0 Å². The Labute approximate surface area is 120 Å². The van der Waals surface area contributed by atoms with Crippen LogP contribution in [0.15, 0.2) is 24.3 Å². The minimum atomic E-state index is -0.969. The van der Waals surface area contributed by atoms with Gasteiger partial charge in [0.05, 0.1) is 24.0 Å². The third-order valence-corrected chi connectivity index (χ3v) is 4.19. The lowest BCUT2D eigenvalue weighted by Gasteiger charge is -2.23. The minimum Gasteiger partial charge on any atom is -0.481 e. The molecule has 20 heavy (non-hydrogen) atoms. The van der Waals surface area contributed by atoms with Gasteiger partial charge in [-0.3, -0.25) is 9.59 Å². The molecule has 2 aliphatic rings. The largest absolute Gasteiger partial charge is 0.481 e. The van der Waals surface area contributed by atoms with Crippen molar-refractivity contribution in [2.45, 2.75) is 25.0 Å². The molecule has 2 unspecified atom stereocenters. The summed E-state index contributed by atoms with van der Waals surface area (Å²) >= 11 is 5.86. The third kappa shape index (κ3) is 2.27. The van der Waals surface area contributed by atoms with Crippen molar-refractivity contribution >= 4 is 29.2 Å². The van der Waals surface area contributed by atoms with Crippen molar-refractivity contribution in [1.29, 1.82) is 0 Å². The fraction of sp³-hybridized carbons (Fsp3) is 0.429. The number of hydrogen-bond donors (Lipinski definition) is 2. The number of nitrogens with one attached hydrogen (secondary N) is 1. The highest BCUT2D eigenvalue weighted by molar-refractivity contribution is 6.30. The van der Waals surface area contributed by atoms with E-state index in [0.29, 0.717) is 17.1 Å². The van der Waals surface area contributed by atoms with Crippen molar-refractivity contribution in [2.24, 2.45) is 11.8 Å². The Morgan fingerprint density at radius 2 is 1.95 bits per heavy atom. The maximum absolute atomic E-state index is 12.3. The van der Waals surface area contributed by atoms with Gasteiger partial charge in [0, 0.05) is 10.7 Å². The van der Waals surface area contributed by atoms with E-state index in [4.69, 9.17) is 16.3 Å². The summed E-state index contributed by atoms with van der Waals surface area (Å²) < 4.78 is 5.57. The van der Waals surface area contributed by atoms with Gasteiger partial charge in [0.2, 0.25) is 5.91 Å². The van der Waals surface area contributed by atoms with E-state index in [2.05, 4.69) is 5.32 Å². The fourth-order valence-corrected chi connectivity index (χ4v) is 3.31. The van der Waals surface area contributed by atoms with E-state index in [1.165, 1.54) is 0 Å².